The fraction of sp³-hybridized carbons (Fsp3) is 0.227. The Hall–Kier alpha value is -3.89. The lowest BCUT2D eigenvalue weighted by Gasteiger charge is -2.05. The van der Waals surface area contributed by atoms with E-state index in [0.717, 1.165) is 15.8 Å². The maximum atomic E-state index is 13.1. The van der Waals surface area contributed by atoms with Gasteiger partial charge in [0.15, 0.2) is 11.6 Å². The zero-order valence-corrected chi connectivity index (χ0v) is 17.4. The molecule has 33 heavy (non-hydrogen) atoms. The number of hydrogen-bond donors (Lipinski definition) is 1. The Kier molecular flexibility index (Phi) is 6.29. The number of amides is 1. The number of nitrogens with zero attached hydrogens (tertiary/aromatic N) is 4. The van der Waals surface area contributed by atoms with Gasteiger partial charge in [0.25, 0.3) is 18.8 Å². The first-order chi connectivity index (χ1) is 15.8. The Morgan fingerprint density at radius 1 is 1.03 bits per heavy atom. The summed E-state index contributed by atoms with van der Waals surface area (Å²) in [5.74, 6) is -0.264. The van der Waals surface area contributed by atoms with E-state index in [1.54, 1.807) is 16.9 Å². The molecule has 0 fully saturated rings. The number of benzene rings is 1. The summed E-state index contributed by atoms with van der Waals surface area (Å²) >= 11 is 0. The zero-order chi connectivity index (χ0) is 23.5. The highest BCUT2D eigenvalue weighted by molar-refractivity contribution is 6.01. The minimum absolute atomic E-state index is 0.0849. The smallest absolute Gasteiger partial charge is 0.292 e. The van der Waals surface area contributed by atoms with E-state index in [0.29, 0.717) is 18.4 Å². The number of anilines is 1. The topological polar surface area (TPSA) is 77.9 Å². The van der Waals surface area contributed by atoms with Crippen LogP contribution in [0.3, 0.4) is 0 Å². The molecular formula is C22H19F4N5O2. The third-order valence-corrected chi connectivity index (χ3v) is 4.94. The maximum Gasteiger partial charge on any atom is 0.292 e. The molecule has 3 aromatic heterocycles. The van der Waals surface area contributed by atoms with Crippen molar-refractivity contribution >= 4 is 11.7 Å². The number of aryl methyl sites for hydroxylation is 1. The number of carbonyl (C=O) groups is 1. The van der Waals surface area contributed by atoms with Crippen LogP contribution in [0, 0.1) is 6.92 Å². The van der Waals surface area contributed by atoms with E-state index in [-0.39, 0.29) is 18.1 Å². The first-order valence-electron chi connectivity index (χ1n) is 9.92. The lowest BCUT2D eigenvalue weighted by Crippen LogP contribution is -2.12. The van der Waals surface area contributed by atoms with Crippen molar-refractivity contribution in [1.82, 2.24) is 19.6 Å². The van der Waals surface area contributed by atoms with Crippen LogP contribution in [0.2, 0.25) is 0 Å². The largest absolute Gasteiger partial charge is 0.454 e. The molecular weight excluding hydrogens is 442 g/mol. The van der Waals surface area contributed by atoms with E-state index in [2.05, 4.69) is 15.5 Å². The minimum Gasteiger partial charge on any atom is -0.454 e. The van der Waals surface area contributed by atoms with Gasteiger partial charge in [-0.3, -0.25) is 14.2 Å². The van der Waals surface area contributed by atoms with E-state index < -0.39 is 30.1 Å². The molecule has 4 rings (SSSR count). The standard InChI is InChI=1S/C22H19F4N5O2/c1-13-4-2-3-5-14(13)11-30-9-8-19(29-30)27-22(32)18-7-6-15(33-18)12-31-17(21(25)26)10-16(28-31)20(23)24/h2-10,20-21H,11-12H2,1H3,(H,27,29,32). The molecule has 0 aliphatic heterocycles. The predicted molar refractivity (Wildman–Crippen MR) is 110 cm³/mol. The van der Waals surface area contributed by atoms with E-state index in [1.807, 2.05) is 31.2 Å². The van der Waals surface area contributed by atoms with E-state index in [9.17, 15) is 22.4 Å². The van der Waals surface area contributed by atoms with Crippen LogP contribution in [0.5, 0.6) is 0 Å². The minimum atomic E-state index is -2.99. The number of furan rings is 1. The highest BCUT2D eigenvalue weighted by Crippen LogP contribution is 2.26. The summed E-state index contributed by atoms with van der Waals surface area (Å²) in [5, 5.41) is 10.4. The molecule has 0 atom stereocenters. The van der Waals surface area contributed by atoms with Crippen LogP contribution < -0.4 is 5.32 Å². The van der Waals surface area contributed by atoms with E-state index in [1.165, 1.54) is 12.1 Å². The van der Waals surface area contributed by atoms with Gasteiger partial charge in [-0.05, 0) is 36.2 Å². The molecule has 0 bridgehead atoms. The molecule has 0 aliphatic carbocycles. The Bertz CT molecular complexity index is 1260. The number of aromatic nitrogens is 4. The average molecular weight is 461 g/mol. The van der Waals surface area contributed by atoms with Crippen LogP contribution in [0.15, 0.2) is 59.1 Å². The predicted octanol–water partition coefficient (Wildman–Crippen LogP) is 5.21. The average Bonchev–Trinajstić information content (AvgIpc) is 3.50. The van der Waals surface area contributed by atoms with Gasteiger partial charge in [-0.15, -0.1) is 0 Å². The van der Waals surface area contributed by atoms with Crippen molar-refractivity contribution in [3.63, 3.8) is 0 Å². The second-order valence-electron chi connectivity index (χ2n) is 7.30. The van der Waals surface area contributed by atoms with Crippen LogP contribution in [-0.4, -0.2) is 25.5 Å². The number of halogens is 4. The van der Waals surface area contributed by atoms with Gasteiger partial charge in [0.2, 0.25) is 0 Å². The van der Waals surface area contributed by atoms with Crippen LogP contribution >= 0.6 is 0 Å². The first-order valence-corrected chi connectivity index (χ1v) is 9.92. The normalized spacial score (nSPS) is 11.5. The first kappa shape index (κ1) is 22.3. The number of alkyl halides is 4. The molecule has 3 heterocycles. The Morgan fingerprint density at radius 2 is 1.82 bits per heavy atom. The molecule has 1 amide bonds. The van der Waals surface area contributed by atoms with Gasteiger partial charge in [-0.1, -0.05) is 24.3 Å². The van der Waals surface area contributed by atoms with Crippen molar-refractivity contribution in [2.24, 2.45) is 0 Å². The van der Waals surface area contributed by atoms with Crippen molar-refractivity contribution < 1.29 is 26.8 Å². The molecule has 0 aliphatic rings. The second-order valence-corrected chi connectivity index (χ2v) is 7.30. The van der Waals surface area contributed by atoms with Crippen LogP contribution in [-0.2, 0) is 13.1 Å². The van der Waals surface area contributed by atoms with Crippen molar-refractivity contribution in [3.05, 3.63) is 88.8 Å². The molecule has 0 saturated carbocycles. The van der Waals surface area contributed by atoms with Gasteiger partial charge in [-0.2, -0.15) is 10.2 Å². The second kappa shape index (κ2) is 9.31. The molecule has 0 spiro atoms. The number of hydrogen-bond acceptors (Lipinski definition) is 4. The lowest BCUT2D eigenvalue weighted by atomic mass is 10.1. The maximum absolute atomic E-state index is 13.1. The SMILES string of the molecule is Cc1ccccc1Cn1ccc(NC(=O)c2ccc(Cn3nc(C(F)F)cc3C(F)F)o2)n1. The summed E-state index contributed by atoms with van der Waals surface area (Å²) in [6, 6.07) is 12.9. The molecule has 172 valence electrons. The molecule has 4 aromatic rings. The summed E-state index contributed by atoms with van der Waals surface area (Å²) in [5.41, 5.74) is 0.795. The Morgan fingerprint density at radius 3 is 2.55 bits per heavy atom. The number of nitrogens with one attached hydrogen (secondary N) is 1. The number of rotatable bonds is 8. The van der Waals surface area contributed by atoms with Crippen LogP contribution in [0.4, 0.5) is 23.4 Å². The fourth-order valence-corrected chi connectivity index (χ4v) is 3.25. The molecule has 0 radical (unpaired) electrons. The molecule has 7 nitrogen and oxygen atoms in total. The summed E-state index contributed by atoms with van der Waals surface area (Å²) in [6.45, 7) is 2.20. The highest BCUT2D eigenvalue weighted by atomic mass is 19.3. The van der Waals surface area contributed by atoms with E-state index >= 15 is 0 Å². The van der Waals surface area contributed by atoms with E-state index in [4.69, 9.17) is 4.42 Å². The van der Waals surface area contributed by atoms with Crippen molar-refractivity contribution in [2.45, 2.75) is 32.9 Å². The van der Waals surface area contributed by atoms with Gasteiger partial charge in [0.1, 0.15) is 17.1 Å². The van der Waals surface area contributed by atoms with Crippen molar-refractivity contribution in [3.8, 4) is 0 Å². The van der Waals surface area contributed by atoms with Crippen LogP contribution in [0.25, 0.3) is 0 Å². The molecule has 1 N–H and O–H groups in total. The van der Waals surface area contributed by atoms with Gasteiger partial charge >= 0.3 is 0 Å². The number of carbonyl (C=O) groups excluding carboxylic acids is 1. The van der Waals surface area contributed by atoms with Gasteiger partial charge in [-0.25, -0.2) is 17.6 Å². The van der Waals surface area contributed by atoms with Gasteiger partial charge in [0, 0.05) is 12.3 Å². The van der Waals surface area contributed by atoms with Gasteiger partial charge < -0.3 is 9.73 Å². The van der Waals surface area contributed by atoms with Crippen molar-refractivity contribution in [1.29, 1.82) is 0 Å². The highest BCUT2D eigenvalue weighted by Gasteiger charge is 2.22. The third-order valence-electron chi connectivity index (χ3n) is 4.94. The fourth-order valence-electron chi connectivity index (χ4n) is 3.25. The molecule has 1 aromatic carbocycles. The Labute approximate surface area is 185 Å². The zero-order valence-electron chi connectivity index (χ0n) is 17.4. The Balaban J connectivity index is 1.42. The lowest BCUT2D eigenvalue weighted by molar-refractivity contribution is 0.0993. The summed E-state index contributed by atoms with van der Waals surface area (Å²) in [6.07, 6.45) is -4.25. The summed E-state index contributed by atoms with van der Waals surface area (Å²) < 4.78 is 59.7. The summed E-state index contributed by atoms with van der Waals surface area (Å²) in [7, 11) is 0. The van der Waals surface area contributed by atoms with Gasteiger partial charge in [0.05, 0.1) is 13.1 Å². The molecule has 11 heteroatoms. The monoisotopic (exact) mass is 461 g/mol. The van der Waals surface area contributed by atoms with Crippen molar-refractivity contribution in [2.75, 3.05) is 5.32 Å². The molecule has 0 saturated heterocycles. The summed E-state index contributed by atoms with van der Waals surface area (Å²) in [4.78, 5) is 12.5. The third kappa shape index (κ3) is 5.13. The molecule has 0 unspecified atom stereocenters. The van der Waals surface area contributed by atoms with Crippen LogP contribution in [0.1, 0.15) is 51.7 Å². The quantitative estimate of drug-likeness (QED) is 0.366.